The number of nitrogens with zero attached hydrogens (tertiary/aromatic N) is 3. The van der Waals surface area contributed by atoms with E-state index in [0.717, 1.165) is 17.0 Å². The van der Waals surface area contributed by atoms with E-state index in [1.807, 2.05) is 41.8 Å². The Morgan fingerprint density at radius 2 is 2.09 bits per heavy atom. The summed E-state index contributed by atoms with van der Waals surface area (Å²) in [6.07, 6.45) is 3.24. The highest BCUT2D eigenvalue weighted by Crippen LogP contribution is 2.33. The summed E-state index contributed by atoms with van der Waals surface area (Å²) in [6, 6.07) is 9.49. The van der Waals surface area contributed by atoms with Gasteiger partial charge in [0.25, 0.3) is 0 Å². The molecule has 0 saturated carbocycles. The number of imidazole rings is 1. The molecule has 6 nitrogen and oxygen atoms in total. The number of aryl methyl sites for hydroxylation is 1. The van der Waals surface area contributed by atoms with Crippen molar-refractivity contribution in [3.8, 4) is 22.6 Å². The zero-order valence-corrected chi connectivity index (χ0v) is 12.9. The van der Waals surface area contributed by atoms with E-state index in [0.29, 0.717) is 11.6 Å². The summed E-state index contributed by atoms with van der Waals surface area (Å²) in [4.78, 5) is 19.9. The molecule has 0 spiro atoms. The van der Waals surface area contributed by atoms with Crippen molar-refractivity contribution >= 4 is 5.97 Å². The molecule has 1 aromatic carbocycles. The second-order valence-electron chi connectivity index (χ2n) is 5.41. The maximum atomic E-state index is 11.0. The Bertz CT molecular complexity index is 821. The molecule has 2 heterocycles. The topological polar surface area (TPSA) is 81.2 Å². The lowest BCUT2D eigenvalue weighted by Gasteiger charge is -2.14. The smallest absolute Gasteiger partial charge is 0.305 e. The molecular weight excluding hydrogens is 294 g/mol. The monoisotopic (exact) mass is 311 g/mol. The Labute approximate surface area is 133 Å². The highest BCUT2D eigenvalue weighted by atomic mass is 16.4. The third kappa shape index (κ3) is 3.01. The van der Waals surface area contributed by atoms with Gasteiger partial charge in [0, 0.05) is 18.5 Å². The van der Waals surface area contributed by atoms with Gasteiger partial charge in [-0.15, -0.1) is 0 Å². The average molecular weight is 311 g/mol. The molecular formula is C17H17N3O3. The highest BCUT2D eigenvalue weighted by molar-refractivity contribution is 5.77. The Kier molecular flexibility index (Phi) is 3.97. The number of aromatic nitrogens is 3. The Hall–Kier alpha value is -2.89. The SMILES string of the molecule is Cc1nc(-c2c(-c3ccccc3)ncn2C(C)CC(=O)O)co1. The number of hydrogen-bond acceptors (Lipinski definition) is 4. The van der Waals surface area contributed by atoms with Crippen molar-refractivity contribution < 1.29 is 14.3 Å². The zero-order chi connectivity index (χ0) is 16.4. The number of benzene rings is 1. The number of oxazole rings is 1. The lowest BCUT2D eigenvalue weighted by molar-refractivity contribution is -0.137. The average Bonchev–Trinajstić information content (AvgIpc) is 3.13. The fourth-order valence-electron chi connectivity index (χ4n) is 2.58. The van der Waals surface area contributed by atoms with Crippen molar-refractivity contribution in [2.45, 2.75) is 26.3 Å². The van der Waals surface area contributed by atoms with E-state index >= 15 is 0 Å². The first-order valence-electron chi connectivity index (χ1n) is 7.33. The second-order valence-corrected chi connectivity index (χ2v) is 5.41. The van der Waals surface area contributed by atoms with Gasteiger partial charge in [0.2, 0.25) is 0 Å². The Morgan fingerprint density at radius 3 is 2.70 bits per heavy atom. The first-order valence-corrected chi connectivity index (χ1v) is 7.33. The van der Waals surface area contributed by atoms with E-state index in [-0.39, 0.29) is 12.5 Å². The molecule has 3 rings (SSSR count). The summed E-state index contributed by atoms with van der Waals surface area (Å²) in [6.45, 7) is 3.62. The molecule has 118 valence electrons. The molecule has 0 radical (unpaired) electrons. The largest absolute Gasteiger partial charge is 0.481 e. The standard InChI is InChI=1S/C17H17N3O3/c1-11(8-15(21)22)20-10-18-16(13-6-4-3-5-7-13)17(20)14-9-23-12(2)19-14/h3-7,9-11H,8H2,1-2H3,(H,21,22). The maximum absolute atomic E-state index is 11.0. The van der Waals surface area contributed by atoms with Crippen LogP contribution in [0, 0.1) is 6.92 Å². The van der Waals surface area contributed by atoms with E-state index in [1.165, 1.54) is 0 Å². The molecule has 0 aliphatic heterocycles. The summed E-state index contributed by atoms with van der Waals surface area (Å²) < 4.78 is 7.17. The molecule has 0 saturated heterocycles. The van der Waals surface area contributed by atoms with Crippen molar-refractivity contribution in [3.05, 3.63) is 48.8 Å². The molecule has 1 N–H and O–H groups in total. The molecule has 0 amide bonds. The van der Waals surface area contributed by atoms with Crippen LogP contribution in [0.3, 0.4) is 0 Å². The van der Waals surface area contributed by atoms with Crippen molar-refractivity contribution in [2.75, 3.05) is 0 Å². The summed E-state index contributed by atoms with van der Waals surface area (Å²) in [5.41, 5.74) is 3.12. The van der Waals surface area contributed by atoms with E-state index in [2.05, 4.69) is 9.97 Å². The minimum absolute atomic E-state index is 0.00836. The van der Waals surface area contributed by atoms with E-state index in [9.17, 15) is 4.79 Å². The molecule has 0 aliphatic rings. The Morgan fingerprint density at radius 1 is 1.35 bits per heavy atom. The van der Waals surface area contributed by atoms with Crippen LogP contribution in [0.25, 0.3) is 22.6 Å². The minimum atomic E-state index is -0.852. The summed E-state index contributed by atoms with van der Waals surface area (Å²) in [5.74, 6) is -0.299. The summed E-state index contributed by atoms with van der Waals surface area (Å²) in [7, 11) is 0. The molecule has 6 heteroatoms. The predicted octanol–water partition coefficient (Wildman–Crippen LogP) is 3.55. The van der Waals surface area contributed by atoms with Gasteiger partial charge in [-0.3, -0.25) is 4.79 Å². The van der Waals surface area contributed by atoms with Gasteiger partial charge >= 0.3 is 5.97 Å². The van der Waals surface area contributed by atoms with Crippen LogP contribution in [0.4, 0.5) is 0 Å². The zero-order valence-electron chi connectivity index (χ0n) is 12.9. The Balaban J connectivity index is 2.14. The number of rotatable bonds is 5. The van der Waals surface area contributed by atoms with Crippen LogP contribution >= 0.6 is 0 Å². The first kappa shape index (κ1) is 15.0. The van der Waals surface area contributed by atoms with E-state index < -0.39 is 5.97 Å². The van der Waals surface area contributed by atoms with Gasteiger partial charge in [0.1, 0.15) is 12.0 Å². The fraction of sp³-hybridized carbons (Fsp3) is 0.235. The molecule has 3 aromatic rings. The number of carboxylic acid groups (broad SMARTS) is 1. The molecule has 1 atom stereocenters. The van der Waals surface area contributed by atoms with Crippen LogP contribution in [-0.2, 0) is 4.79 Å². The van der Waals surface area contributed by atoms with Crippen LogP contribution in [0.15, 0.2) is 47.3 Å². The molecule has 0 bridgehead atoms. The quantitative estimate of drug-likeness (QED) is 0.779. The van der Waals surface area contributed by atoms with Gasteiger partial charge in [0.15, 0.2) is 5.89 Å². The van der Waals surface area contributed by atoms with Gasteiger partial charge in [0.05, 0.1) is 24.1 Å². The number of carboxylic acids is 1. The van der Waals surface area contributed by atoms with Crippen molar-refractivity contribution in [2.24, 2.45) is 0 Å². The molecule has 0 aliphatic carbocycles. The van der Waals surface area contributed by atoms with Crippen LogP contribution in [0.1, 0.15) is 25.3 Å². The van der Waals surface area contributed by atoms with E-state index in [4.69, 9.17) is 9.52 Å². The van der Waals surface area contributed by atoms with Gasteiger partial charge in [-0.1, -0.05) is 30.3 Å². The minimum Gasteiger partial charge on any atom is -0.481 e. The van der Waals surface area contributed by atoms with Gasteiger partial charge in [-0.05, 0) is 6.92 Å². The van der Waals surface area contributed by atoms with Gasteiger partial charge < -0.3 is 14.1 Å². The van der Waals surface area contributed by atoms with E-state index in [1.54, 1.807) is 19.5 Å². The predicted molar refractivity (Wildman–Crippen MR) is 84.9 cm³/mol. The van der Waals surface area contributed by atoms with Crippen LogP contribution in [-0.4, -0.2) is 25.6 Å². The molecule has 2 aromatic heterocycles. The number of hydrogen-bond donors (Lipinski definition) is 1. The van der Waals surface area contributed by atoms with Crippen LogP contribution in [0.5, 0.6) is 0 Å². The number of carbonyl (C=O) groups is 1. The molecule has 0 fully saturated rings. The summed E-state index contributed by atoms with van der Waals surface area (Å²) >= 11 is 0. The first-order chi connectivity index (χ1) is 11.1. The lowest BCUT2D eigenvalue weighted by Crippen LogP contribution is -2.11. The van der Waals surface area contributed by atoms with Crippen molar-refractivity contribution in [1.29, 1.82) is 0 Å². The lowest BCUT2D eigenvalue weighted by atomic mass is 10.1. The molecule has 23 heavy (non-hydrogen) atoms. The highest BCUT2D eigenvalue weighted by Gasteiger charge is 2.21. The van der Waals surface area contributed by atoms with Crippen molar-refractivity contribution in [1.82, 2.24) is 14.5 Å². The number of aliphatic carboxylic acids is 1. The molecule has 1 unspecified atom stereocenters. The third-order valence-corrected chi connectivity index (χ3v) is 3.65. The van der Waals surface area contributed by atoms with Gasteiger partial charge in [-0.2, -0.15) is 0 Å². The normalized spacial score (nSPS) is 12.3. The van der Waals surface area contributed by atoms with Crippen LogP contribution in [0.2, 0.25) is 0 Å². The third-order valence-electron chi connectivity index (χ3n) is 3.65. The van der Waals surface area contributed by atoms with Crippen LogP contribution < -0.4 is 0 Å². The second kappa shape index (κ2) is 6.08. The summed E-state index contributed by atoms with van der Waals surface area (Å²) in [5, 5.41) is 9.07. The van der Waals surface area contributed by atoms with Gasteiger partial charge in [-0.25, -0.2) is 9.97 Å². The fourth-order valence-corrected chi connectivity index (χ4v) is 2.58. The maximum Gasteiger partial charge on any atom is 0.305 e. The van der Waals surface area contributed by atoms with Crippen molar-refractivity contribution in [3.63, 3.8) is 0 Å².